The van der Waals surface area contributed by atoms with Gasteiger partial charge in [-0.25, -0.2) is 0 Å². The van der Waals surface area contributed by atoms with Gasteiger partial charge in [0.05, 0.1) is 0 Å². The molecule has 4 nitrogen and oxygen atoms in total. The lowest BCUT2D eigenvalue weighted by Gasteiger charge is -2.32. The predicted molar refractivity (Wildman–Crippen MR) is 75.2 cm³/mol. The average molecular weight is 276 g/mol. The van der Waals surface area contributed by atoms with Crippen molar-refractivity contribution in [3.05, 3.63) is 24.3 Å². The van der Waals surface area contributed by atoms with Crippen LogP contribution in [0.25, 0.3) is 0 Å². The number of hydrogen-bond acceptors (Lipinski definition) is 3. The Balaban J connectivity index is 1.84. The van der Waals surface area contributed by atoms with E-state index in [1.165, 1.54) is 0 Å². The molecule has 0 bridgehead atoms. The Bertz CT molecular complexity index is 511. The normalized spacial score (nSPS) is 23.4. The van der Waals surface area contributed by atoms with Crippen LogP contribution < -0.4 is 10.2 Å². The average Bonchev–Trinajstić information content (AvgIpc) is 3.25. The Morgan fingerprint density at radius 2 is 1.89 bits per heavy atom. The van der Waals surface area contributed by atoms with Crippen LogP contribution in [0, 0.1) is 5.92 Å². The molecule has 0 radical (unpaired) electrons. The first kappa shape index (κ1) is 12.5. The molecule has 2 aliphatic rings. The molecule has 3 rings (SSSR count). The first-order valence-electron chi connectivity index (χ1n) is 6.44. The molecule has 1 aromatic rings. The standard InChI is InChI=1S/C14H16N2O2S/c1-19-11-6-4-10(5-7-11)16-8-12(17)15-13(14(16)18)9-2-3-9/h4-7,9,13H,2-3,8H2,1H3,(H,15,17). The van der Waals surface area contributed by atoms with Gasteiger partial charge in [-0.3, -0.25) is 9.59 Å². The van der Waals surface area contributed by atoms with Crippen LogP contribution in [0.2, 0.25) is 0 Å². The molecule has 1 saturated carbocycles. The predicted octanol–water partition coefficient (Wildman–Crippen LogP) is 1.65. The highest BCUT2D eigenvalue weighted by Crippen LogP contribution is 2.35. The van der Waals surface area contributed by atoms with Crippen molar-refractivity contribution in [2.75, 3.05) is 17.7 Å². The number of piperazine rings is 1. The van der Waals surface area contributed by atoms with E-state index in [1.54, 1.807) is 16.7 Å². The van der Waals surface area contributed by atoms with Crippen molar-refractivity contribution >= 4 is 29.3 Å². The van der Waals surface area contributed by atoms with Crippen LogP contribution in [0.3, 0.4) is 0 Å². The van der Waals surface area contributed by atoms with Gasteiger partial charge in [0.15, 0.2) is 0 Å². The van der Waals surface area contributed by atoms with Gasteiger partial charge in [-0.05, 0) is 49.3 Å². The highest BCUT2D eigenvalue weighted by molar-refractivity contribution is 7.98. The van der Waals surface area contributed by atoms with Gasteiger partial charge in [0.25, 0.3) is 0 Å². The minimum Gasteiger partial charge on any atom is -0.342 e. The fraction of sp³-hybridized carbons (Fsp3) is 0.429. The smallest absolute Gasteiger partial charge is 0.250 e. The summed E-state index contributed by atoms with van der Waals surface area (Å²) in [5.74, 6) is 0.300. The van der Waals surface area contributed by atoms with E-state index in [9.17, 15) is 9.59 Å². The quantitative estimate of drug-likeness (QED) is 0.854. The molecule has 19 heavy (non-hydrogen) atoms. The molecule has 1 aliphatic heterocycles. The van der Waals surface area contributed by atoms with Gasteiger partial charge in [0.2, 0.25) is 11.8 Å². The summed E-state index contributed by atoms with van der Waals surface area (Å²) in [5, 5.41) is 2.82. The van der Waals surface area contributed by atoms with Crippen molar-refractivity contribution < 1.29 is 9.59 Å². The van der Waals surface area contributed by atoms with E-state index in [0.717, 1.165) is 23.4 Å². The lowest BCUT2D eigenvalue weighted by atomic mass is 10.1. The van der Waals surface area contributed by atoms with Crippen molar-refractivity contribution in [3.8, 4) is 0 Å². The Labute approximate surface area is 116 Å². The molecule has 5 heteroatoms. The molecule has 0 spiro atoms. The molecule has 1 aliphatic carbocycles. The SMILES string of the molecule is CSc1ccc(N2CC(=O)NC(C3CC3)C2=O)cc1. The van der Waals surface area contributed by atoms with Gasteiger partial charge >= 0.3 is 0 Å². The molecule has 2 amide bonds. The number of thioether (sulfide) groups is 1. The zero-order chi connectivity index (χ0) is 13.4. The summed E-state index contributed by atoms with van der Waals surface area (Å²) in [5.41, 5.74) is 0.809. The van der Waals surface area contributed by atoms with Crippen LogP contribution >= 0.6 is 11.8 Å². The third-order valence-corrected chi connectivity index (χ3v) is 4.37. The van der Waals surface area contributed by atoms with Crippen LogP contribution in [0.15, 0.2) is 29.2 Å². The monoisotopic (exact) mass is 276 g/mol. The molecular formula is C14H16N2O2S. The first-order valence-corrected chi connectivity index (χ1v) is 7.66. The highest BCUT2D eigenvalue weighted by atomic mass is 32.2. The largest absolute Gasteiger partial charge is 0.342 e. The number of anilines is 1. The number of carbonyl (C=O) groups excluding carboxylic acids is 2. The van der Waals surface area contributed by atoms with Gasteiger partial charge in [0.1, 0.15) is 12.6 Å². The van der Waals surface area contributed by atoms with Gasteiger partial charge < -0.3 is 10.2 Å². The number of amides is 2. The maximum atomic E-state index is 12.4. The Morgan fingerprint density at radius 1 is 1.21 bits per heavy atom. The third-order valence-electron chi connectivity index (χ3n) is 3.63. The zero-order valence-electron chi connectivity index (χ0n) is 10.8. The third kappa shape index (κ3) is 2.47. The molecule has 1 aromatic carbocycles. The maximum absolute atomic E-state index is 12.4. The molecule has 0 aromatic heterocycles. The second-order valence-electron chi connectivity index (χ2n) is 5.01. The molecule has 1 saturated heterocycles. The van der Waals surface area contributed by atoms with Crippen molar-refractivity contribution in [1.29, 1.82) is 0 Å². The van der Waals surface area contributed by atoms with Gasteiger partial charge in [0, 0.05) is 10.6 Å². The van der Waals surface area contributed by atoms with Crippen molar-refractivity contribution in [3.63, 3.8) is 0 Å². The number of hydrogen-bond donors (Lipinski definition) is 1. The van der Waals surface area contributed by atoms with E-state index in [-0.39, 0.29) is 24.4 Å². The minimum atomic E-state index is -0.318. The summed E-state index contributed by atoms with van der Waals surface area (Å²) < 4.78 is 0. The maximum Gasteiger partial charge on any atom is 0.250 e. The van der Waals surface area contributed by atoms with E-state index in [0.29, 0.717) is 5.92 Å². The van der Waals surface area contributed by atoms with Crippen LogP contribution in [0.1, 0.15) is 12.8 Å². The summed E-state index contributed by atoms with van der Waals surface area (Å²) in [6.45, 7) is 0.126. The molecular weight excluding hydrogens is 260 g/mol. The molecule has 2 fully saturated rings. The fourth-order valence-electron chi connectivity index (χ4n) is 2.40. The van der Waals surface area contributed by atoms with E-state index in [4.69, 9.17) is 0 Å². The van der Waals surface area contributed by atoms with E-state index in [2.05, 4.69) is 5.32 Å². The van der Waals surface area contributed by atoms with Crippen LogP contribution in [-0.4, -0.2) is 30.7 Å². The Kier molecular flexibility index (Phi) is 3.22. The summed E-state index contributed by atoms with van der Waals surface area (Å²) in [7, 11) is 0. The lowest BCUT2D eigenvalue weighted by molar-refractivity contribution is -0.131. The van der Waals surface area contributed by atoms with E-state index in [1.807, 2.05) is 30.5 Å². The summed E-state index contributed by atoms with van der Waals surface area (Å²) in [6.07, 6.45) is 4.09. The van der Waals surface area contributed by atoms with Gasteiger partial charge in [-0.2, -0.15) is 0 Å². The Morgan fingerprint density at radius 3 is 2.47 bits per heavy atom. The summed E-state index contributed by atoms with van der Waals surface area (Å²) >= 11 is 1.66. The van der Waals surface area contributed by atoms with Crippen LogP contribution in [-0.2, 0) is 9.59 Å². The zero-order valence-corrected chi connectivity index (χ0v) is 11.6. The second-order valence-corrected chi connectivity index (χ2v) is 5.88. The van der Waals surface area contributed by atoms with E-state index >= 15 is 0 Å². The van der Waals surface area contributed by atoms with Crippen LogP contribution in [0.4, 0.5) is 5.69 Å². The number of nitrogens with one attached hydrogen (secondary N) is 1. The first-order chi connectivity index (χ1) is 9.19. The summed E-state index contributed by atoms with van der Waals surface area (Å²) in [4.78, 5) is 26.9. The summed E-state index contributed by atoms with van der Waals surface area (Å²) in [6, 6.07) is 7.46. The molecule has 1 heterocycles. The molecule has 1 atom stereocenters. The van der Waals surface area contributed by atoms with Gasteiger partial charge in [-0.1, -0.05) is 0 Å². The van der Waals surface area contributed by atoms with Crippen LogP contribution in [0.5, 0.6) is 0 Å². The molecule has 100 valence electrons. The van der Waals surface area contributed by atoms with E-state index < -0.39 is 0 Å². The second kappa shape index (κ2) is 4.89. The lowest BCUT2D eigenvalue weighted by Crippen LogP contribution is -2.59. The molecule has 1 N–H and O–H groups in total. The van der Waals surface area contributed by atoms with Crippen molar-refractivity contribution in [1.82, 2.24) is 5.32 Å². The number of rotatable bonds is 3. The highest BCUT2D eigenvalue weighted by Gasteiger charge is 2.42. The number of carbonyl (C=O) groups is 2. The minimum absolute atomic E-state index is 0.0269. The van der Waals surface area contributed by atoms with Crippen molar-refractivity contribution in [2.24, 2.45) is 5.92 Å². The van der Waals surface area contributed by atoms with Gasteiger partial charge in [-0.15, -0.1) is 11.8 Å². The number of benzene rings is 1. The topological polar surface area (TPSA) is 49.4 Å². The van der Waals surface area contributed by atoms with Crippen molar-refractivity contribution in [2.45, 2.75) is 23.8 Å². The molecule has 1 unspecified atom stereocenters. The number of nitrogens with zero attached hydrogens (tertiary/aromatic N) is 1. The Hall–Kier alpha value is -1.49. The fourth-order valence-corrected chi connectivity index (χ4v) is 2.81.